The van der Waals surface area contributed by atoms with Crippen molar-refractivity contribution in [2.45, 2.75) is 32.1 Å². The third-order valence-corrected chi connectivity index (χ3v) is 6.31. The minimum Gasteiger partial charge on any atom is -0.467 e. The van der Waals surface area contributed by atoms with Crippen LogP contribution in [0.25, 0.3) is 0 Å². The second-order valence-corrected chi connectivity index (χ2v) is 8.40. The largest absolute Gasteiger partial charge is 0.467 e. The SMILES string of the molecule is COc1ncc(C(=O)N2CC[C@]3(CCCN(CCCc4ccccc4)C3)C2)cn1. The Kier molecular flexibility index (Phi) is 6.09. The van der Waals surface area contributed by atoms with E-state index in [0.29, 0.717) is 5.56 Å². The van der Waals surface area contributed by atoms with Crippen LogP contribution in [0.15, 0.2) is 42.7 Å². The second-order valence-electron chi connectivity index (χ2n) is 8.40. The number of carbonyl (C=O) groups is 1. The van der Waals surface area contributed by atoms with Gasteiger partial charge in [0.1, 0.15) is 0 Å². The van der Waals surface area contributed by atoms with Crippen molar-refractivity contribution in [2.24, 2.45) is 5.41 Å². The summed E-state index contributed by atoms with van der Waals surface area (Å²) in [7, 11) is 1.52. The zero-order valence-corrected chi connectivity index (χ0v) is 17.2. The van der Waals surface area contributed by atoms with Gasteiger partial charge in [0.05, 0.1) is 12.7 Å². The molecular formula is C23H30N4O2. The minimum atomic E-state index is 0.0331. The van der Waals surface area contributed by atoms with Crippen molar-refractivity contribution in [1.82, 2.24) is 19.8 Å². The molecule has 0 saturated carbocycles. The molecule has 29 heavy (non-hydrogen) atoms. The molecule has 1 aromatic carbocycles. The van der Waals surface area contributed by atoms with E-state index in [4.69, 9.17) is 4.74 Å². The molecule has 1 spiro atoms. The number of aromatic nitrogens is 2. The van der Waals surface area contributed by atoms with E-state index in [1.807, 2.05) is 4.90 Å². The third-order valence-electron chi connectivity index (χ3n) is 6.31. The Balaban J connectivity index is 1.30. The molecule has 2 aliphatic rings. The number of benzene rings is 1. The molecule has 1 atom stereocenters. The number of nitrogens with zero attached hydrogens (tertiary/aromatic N) is 4. The summed E-state index contributed by atoms with van der Waals surface area (Å²) >= 11 is 0. The van der Waals surface area contributed by atoms with E-state index in [-0.39, 0.29) is 17.3 Å². The lowest BCUT2D eigenvalue weighted by Crippen LogP contribution is -2.45. The standard InChI is InChI=1S/C23H30N4O2/c1-29-22-24-15-20(16-25-22)21(28)27-14-11-23(18-27)10-6-13-26(17-23)12-5-9-19-7-3-2-4-8-19/h2-4,7-8,15-16H,5-6,9-14,17-18H2,1H3/t23-/m0/s1. The van der Waals surface area contributed by atoms with Gasteiger partial charge in [0.15, 0.2) is 0 Å². The molecule has 2 aromatic rings. The van der Waals surface area contributed by atoms with Gasteiger partial charge in [-0.25, -0.2) is 9.97 Å². The molecule has 0 bridgehead atoms. The van der Waals surface area contributed by atoms with Gasteiger partial charge < -0.3 is 14.5 Å². The average Bonchev–Trinajstić information content (AvgIpc) is 3.17. The summed E-state index contributed by atoms with van der Waals surface area (Å²) in [6.07, 6.45) is 8.97. The first-order valence-corrected chi connectivity index (χ1v) is 10.6. The zero-order valence-electron chi connectivity index (χ0n) is 17.2. The maximum Gasteiger partial charge on any atom is 0.316 e. The van der Waals surface area contributed by atoms with Gasteiger partial charge in [0.25, 0.3) is 5.91 Å². The maximum atomic E-state index is 12.9. The fourth-order valence-electron chi connectivity index (χ4n) is 4.81. The first-order valence-electron chi connectivity index (χ1n) is 10.6. The van der Waals surface area contributed by atoms with E-state index in [2.05, 4.69) is 45.2 Å². The number of carbonyl (C=O) groups excluding carboxylic acids is 1. The number of hydrogen-bond donors (Lipinski definition) is 0. The van der Waals surface area contributed by atoms with E-state index >= 15 is 0 Å². The molecule has 2 fully saturated rings. The molecule has 0 unspecified atom stereocenters. The van der Waals surface area contributed by atoms with Gasteiger partial charge in [-0.15, -0.1) is 0 Å². The van der Waals surface area contributed by atoms with Gasteiger partial charge in [-0.1, -0.05) is 30.3 Å². The Morgan fingerprint density at radius 2 is 1.90 bits per heavy atom. The predicted molar refractivity (Wildman–Crippen MR) is 112 cm³/mol. The molecule has 154 valence electrons. The highest BCUT2D eigenvalue weighted by Gasteiger charge is 2.42. The molecule has 4 rings (SSSR count). The average molecular weight is 395 g/mol. The van der Waals surface area contributed by atoms with Gasteiger partial charge in [0.2, 0.25) is 0 Å². The highest BCUT2D eigenvalue weighted by Crippen LogP contribution is 2.39. The Bertz CT molecular complexity index is 811. The van der Waals surface area contributed by atoms with Crippen molar-refractivity contribution in [2.75, 3.05) is 39.8 Å². The fourth-order valence-corrected chi connectivity index (χ4v) is 4.81. The van der Waals surface area contributed by atoms with Crippen LogP contribution in [-0.4, -0.2) is 65.5 Å². The van der Waals surface area contributed by atoms with Gasteiger partial charge in [-0.2, -0.15) is 0 Å². The molecule has 3 heterocycles. The number of amides is 1. The highest BCUT2D eigenvalue weighted by molar-refractivity contribution is 5.93. The van der Waals surface area contributed by atoms with Crippen molar-refractivity contribution in [3.05, 3.63) is 53.9 Å². The number of hydrogen-bond acceptors (Lipinski definition) is 5. The van der Waals surface area contributed by atoms with Gasteiger partial charge in [-0.3, -0.25) is 4.79 Å². The van der Waals surface area contributed by atoms with E-state index < -0.39 is 0 Å². The summed E-state index contributed by atoms with van der Waals surface area (Å²) in [5.41, 5.74) is 2.20. The smallest absolute Gasteiger partial charge is 0.316 e. The Morgan fingerprint density at radius 3 is 2.66 bits per heavy atom. The second kappa shape index (κ2) is 8.91. The van der Waals surface area contributed by atoms with Crippen LogP contribution in [0.1, 0.15) is 41.6 Å². The number of ether oxygens (including phenoxy) is 1. The molecule has 1 amide bonds. The van der Waals surface area contributed by atoms with Crippen LogP contribution in [-0.2, 0) is 6.42 Å². The molecular weight excluding hydrogens is 364 g/mol. The minimum absolute atomic E-state index is 0.0331. The number of aryl methyl sites for hydroxylation is 1. The van der Waals surface area contributed by atoms with Gasteiger partial charge >= 0.3 is 6.01 Å². The van der Waals surface area contributed by atoms with Crippen molar-refractivity contribution >= 4 is 5.91 Å². The maximum absolute atomic E-state index is 12.9. The number of piperidine rings is 1. The molecule has 0 radical (unpaired) electrons. The summed E-state index contributed by atoms with van der Waals surface area (Å²) in [5.74, 6) is 0.0331. The van der Waals surface area contributed by atoms with E-state index in [1.165, 1.54) is 38.5 Å². The molecule has 2 saturated heterocycles. The monoisotopic (exact) mass is 394 g/mol. The summed E-state index contributed by atoms with van der Waals surface area (Å²) in [5, 5.41) is 0. The quantitative estimate of drug-likeness (QED) is 0.754. The Morgan fingerprint density at radius 1 is 1.10 bits per heavy atom. The predicted octanol–water partition coefficient (Wildman–Crippen LogP) is 3.05. The van der Waals surface area contributed by atoms with Crippen LogP contribution < -0.4 is 4.74 Å². The molecule has 0 aliphatic carbocycles. The van der Waals surface area contributed by atoms with E-state index in [1.54, 1.807) is 12.4 Å². The van der Waals surface area contributed by atoms with Crippen LogP contribution in [0.3, 0.4) is 0 Å². The Labute approximate surface area is 172 Å². The van der Waals surface area contributed by atoms with Crippen molar-refractivity contribution in [1.29, 1.82) is 0 Å². The molecule has 6 heteroatoms. The lowest BCUT2D eigenvalue weighted by molar-refractivity contribution is 0.0687. The van der Waals surface area contributed by atoms with Crippen molar-refractivity contribution in [3.8, 4) is 6.01 Å². The molecule has 6 nitrogen and oxygen atoms in total. The summed E-state index contributed by atoms with van der Waals surface area (Å²) < 4.78 is 4.98. The van der Waals surface area contributed by atoms with Crippen molar-refractivity contribution < 1.29 is 9.53 Å². The van der Waals surface area contributed by atoms with E-state index in [0.717, 1.165) is 39.0 Å². The van der Waals surface area contributed by atoms with Crippen LogP contribution in [0.2, 0.25) is 0 Å². The third kappa shape index (κ3) is 4.75. The summed E-state index contributed by atoms with van der Waals surface area (Å²) in [6.45, 7) is 5.08. The normalized spacial score (nSPS) is 22.2. The molecule has 1 aromatic heterocycles. The zero-order chi connectivity index (χ0) is 20.1. The summed E-state index contributed by atoms with van der Waals surface area (Å²) in [4.78, 5) is 25.6. The number of methoxy groups -OCH3 is 1. The lowest BCUT2D eigenvalue weighted by Gasteiger charge is -2.40. The molecule has 2 aliphatic heterocycles. The topological polar surface area (TPSA) is 58.6 Å². The first-order chi connectivity index (χ1) is 14.2. The molecule has 0 N–H and O–H groups in total. The Hall–Kier alpha value is -2.47. The van der Waals surface area contributed by atoms with Crippen LogP contribution >= 0.6 is 0 Å². The number of likely N-dealkylation sites (tertiary alicyclic amines) is 2. The summed E-state index contributed by atoms with van der Waals surface area (Å²) in [6, 6.07) is 11.0. The van der Waals surface area contributed by atoms with Crippen LogP contribution in [0.4, 0.5) is 0 Å². The van der Waals surface area contributed by atoms with Crippen LogP contribution in [0, 0.1) is 5.41 Å². The highest BCUT2D eigenvalue weighted by atomic mass is 16.5. The van der Waals surface area contributed by atoms with E-state index in [9.17, 15) is 4.79 Å². The fraction of sp³-hybridized carbons (Fsp3) is 0.522. The first kappa shape index (κ1) is 19.8. The number of rotatable bonds is 6. The van der Waals surface area contributed by atoms with Gasteiger partial charge in [0, 0.05) is 37.4 Å². The van der Waals surface area contributed by atoms with Gasteiger partial charge in [-0.05, 0) is 50.8 Å². The lowest BCUT2D eigenvalue weighted by atomic mass is 9.79. The van der Waals surface area contributed by atoms with Crippen molar-refractivity contribution in [3.63, 3.8) is 0 Å². The van der Waals surface area contributed by atoms with Crippen LogP contribution in [0.5, 0.6) is 6.01 Å².